The maximum absolute atomic E-state index is 13.7. The Bertz CT molecular complexity index is 1340. The molecule has 2 aromatic carbocycles. The van der Waals surface area contributed by atoms with E-state index in [-0.39, 0.29) is 59.5 Å². The molecule has 4 atom stereocenters. The molecular weight excluding hydrogens is 637 g/mol. The summed E-state index contributed by atoms with van der Waals surface area (Å²) in [5.74, 6) is -3.08. The first-order valence-electron chi connectivity index (χ1n) is 14.7. The number of aliphatic imine (C=N–C) groups is 1. The maximum atomic E-state index is 13.7. The smallest absolute Gasteiger partial charge is 0.243 e. The molecular formula is C30H43Cl2N9O5. The molecule has 0 aliphatic carbocycles. The van der Waals surface area contributed by atoms with Gasteiger partial charge in [0.1, 0.15) is 23.9 Å². The predicted octanol–water partition coefficient (Wildman–Crippen LogP) is -0.0662. The van der Waals surface area contributed by atoms with Crippen LogP contribution in [-0.2, 0) is 32.0 Å². The molecule has 0 spiro atoms. The standard InChI is InChI=1S/C30H43Cl2N9O5/c31-20-14-18(42)15-21(32)19(20)16-25(41-27(44)22(34)9-6-12-38-30(36)37)29(46)39-23(10-4-5-11-33)28(45)40-24(26(35)43)13-17-7-2-1-3-8-17/h1-3,7-8,14-15,22-25,42H,4-6,9-13,16,33-34H2,(H2,35,43)(H,39,46)(H,40,45)(H,41,44)(H4,36,37,38)/t22-,23-,24-,25-/m0/s1. The number of aromatic hydroxyl groups is 1. The topological polar surface area (TPSA) is 267 Å². The predicted molar refractivity (Wildman–Crippen MR) is 178 cm³/mol. The van der Waals surface area contributed by atoms with Crippen LogP contribution in [0.1, 0.15) is 43.2 Å². The van der Waals surface area contributed by atoms with Gasteiger partial charge in [0.15, 0.2) is 5.96 Å². The van der Waals surface area contributed by atoms with Gasteiger partial charge < -0.3 is 49.7 Å². The number of amides is 4. The molecule has 46 heavy (non-hydrogen) atoms. The lowest BCUT2D eigenvalue weighted by molar-refractivity contribution is -0.133. The second-order valence-corrected chi connectivity index (χ2v) is 11.5. The fraction of sp³-hybridized carbons (Fsp3) is 0.433. The Morgan fingerprint density at radius 2 is 1.37 bits per heavy atom. The van der Waals surface area contributed by atoms with Gasteiger partial charge >= 0.3 is 0 Å². The number of benzene rings is 2. The highest BCUT2D eigenvalue weighted by atomic mass is 35.5. The summed E-state index contributed by atoms with van der Waals surface area (Å²) in [5, 5.41) is 17.9. The number of phenols is 1. The van der Waals surface area contributed by atoms with Crippen LogP contribution < -0.4 is 44.6 Å². The number of hydrogen-bond acceptors (Lipinski definition) is 8. The summed E-state index contributed by atoms with van der Waals surface area (Å²) in [6, 6.07) is 7.00. The Hall–Kier alpha value is -4.11. The highest BCUT2D eigenvalue weighted by Crippen LogP contribution is 2.30. The van der Waals surface area contributed by atoms with Gasteiger partial charge in [-0.25, -0.2) is 0 Å². The fourth-order valence-corrected chi connectivity index (χ4v) is 5.14. The van der Waals surface area contributed by atoms with Crippen LogP contribution in [0.25, 0.3) is 0 Å². The highest BCUT2D eigenvalue weighted by molar-refractivity contribution is 6.36. The van der Waals surface area contributed by atoms with Crippen molar-refractivity contribution in [2.75, 3.05) is 13.1 Å². The Morgan fingerprint density at radius 3 is 1.96 bits per heavy atom. The van der Waals surface area contributed by atoms with Gasteiger partial charge in [-0.2, -0.15) is 0 Å². The number of nitrogens with zero attached hydrogens (tertiary/aromatic N) is 1. The fourth-order valence-electron chi connectivity index (χ4n) is 4.51. The minimum atomic E-state index is -1.29. The van der Waals surface area contributed by atoms with E-state index in [1.54, 1.807) is 24.3 Å². The number of hydrogen-bond donors (Lipinski definition) is 9. The van der Waals surface area contributed by atoms with E-state index in [0.717, 1.165) is 5.56 Å². The van der Waals surface area contributed by atoms with E-state index in [1.165, 1.54) is 12.1 Å². The molecule has 0 fully saturated rings. The molecule has 0 saturated heterocycles. The van der Waals surface area contributed by atoms with Crippen LogP contribution in [0.4, 0.5) is 0 Å². The lowest BCUT2D eigenvalue weighted by Gasteiger charge is -2.26. The number of nitrogens with two attached hydrogens (primary N) is 5. The molecule has 0 aromatic heterocycles. The number of guanidine groups is 1. The normalized spacial score (nSPS) is 13.5. The number of rotatable bonds is 19. The van der Waals surface area contributed by atoms with Crippen LogP contribution in [0.15, 0.2) is 47.5 Å². The average Bonchev–Trinajstić information content (AvgIpc) is 2.99. The lowest BCUT2D eigenvalue weighted by Crippen LogP contribution is -2.58. The zero-order chi connectivity index (χ0) is 34.2. The summed E-state index contributed by atoms with van der Waals surface area (Å²) in [5.41, 5.74) is 29.0. The molecule has 252 valence electrons. The van der Waals surface area contributed by atoms with Crippen LogP contribution in [0.2, 0.25) is 10.0 Å². The summed E-state index contributed by atoms with van der Waals surface area (Å²) in [6.07, 6.45) is 1.76. The van der Waals surface area contributed by atoms with Crippen molar-refractivity contribution >= 4 is 52.8 Å². The van der Waals surface area contributed by atoms with E-state index in [9.17, 15) is 24.3 Å². The molecule has 14 nitrogen and oxygen atoms in total. The Balaban J connectivity index is 2.30. The summed E-state index contributed by atoms with van der Waals surface area (Å²) in [4.78, 5) is 56.4. The molecule has 2 rings (SSSR count). The third kappa shape index (κ3) is 13.1. The van der Waals surface area contributed by atoms with Crippen molar-refractivity contribution < 1.29 is 24.3 Å². The summed E-state index contributed by atoms with van der Waals surface area (Å²) in [6.45, 7) is 0.611. The molecule has 0 radical (unpaired) electrons. The SMILES string of the molecule is NCCCC[C@H](NC(=O)[C@H](Cc1c(Cl)cc(O)cc1Cl)NC(=O)[C@@H](N)CCCN=C(N)N)C(=O)N[C@@H](Cc1ccccc1)C(N)=O. The minimum absolute atomic E-state index is 0.0565. The van der Waals surface area contributed by atoms with Crippen molar-refractivity contribution in [3.8, 4) is 5.75 Å². The molecule has 0 unspecified atom stereocenters. The first-order chi connectivity index (χ1) is 21.8. The van der Waals surface area contributed by atoms with Crippen LogP contribution in [0, 0.1) is 0 Å². The van der Waals surface area contributed by atoms with Gasteiger partial charge in [-0.05, 0) is 61.9 Å². The Labute approximate surface area is 277 Å². The number of primary amides is 1. The van der Waals surface area contributed by atoms with Crippen LogP contribution in [0.5, 0.6) is 5.75 Å². The third-order valence-corrected chi connectivity index (χ3v) is 7.67. The van der Waals surface area contributed by atoms with E-state index in [4.69, 9.17) is 51.9 Å². The Kier molecular flexibility index (Phi) is 16.1. The molecule has 0 saturated carbocycles. The van der Waals surface area contributed by atoms with Gasteiger partial charge in [-0.1, -0.05) is 53.5 Å². The zero-order valence-electron chi connectivity index (χ0n) is 25.4. The van der Waals surface area contributed by atoms with Gasteiger partial charge in [-0.15, -0.1) is 0 Å². The lowest BCUT2D eigenvalue weighted by atomic mass is 10.0. The average molecular weight is 681 g/mol. The Morgan fingerprint density at radius 1 is 0.783 bits per heavy atom. The number of halogens is 2. The number of carbonyl (C=O) groups is 4. The van der Waals surface area contributed by atoms with Crippen LogP contribution >= 0.6 is 23.2 Å². The summed E-state index contributed by atoms with van der Waals surface area (Å²) in [7, 11) is 0. The molecule has 14 N–H and O–H groups in total. The van der Waals surface area contributed by atoms with E-state index in [2.05, 4.69) is 20.9 Å². The van der Waals surface area contributed by atoms with Crippen molar-refractivity contribution in [2.45, 2.75) is 69.1 Å². The van der Waals surface area contributed by atoms with Crippen LogP contribution in [0.3, 0.4) is 0 Å². The second kappa shape index (κ2) is 19.4. The molecule has 16 heteroatoms. The van der Waals surface area contributed by atoms with Crippen molar-refractivity contribution in [2.24, 2.45) is 33.7 Å². The number of nitrogens with one attached hydrogen (secondary N) is 3. The minimum Gasteiger partial charge on any atom is -0.508 e. The largest absolute Gasteiger partial charge is 0.508 e. The molecule has 0 bridgehead atoms. The molecule has 2 aromatic rings. The molecule has 0 aliphatic heterocycles. The van der Waals surface area contributed by atoms with E-state index >= 15 is 0 Å². The van der Waals surface area contributed by atoms with Crippen molar-refractivity contribution in [1.29, 1.82) is 0 Å². The molecule has 4 amide bonds. The first-order valence-corrected chi connectivity index (χ1v) is 15.5. The number of phenolic OH excluding ortho intramolecular Hbond substituents is 1. The second-order valence-electron chi connectivity index (χ2n) is 10.7. The third-order valence-electron chi connectivity index (χ3n) is 6.99. The van der Waals surface area contributed by atoms with Gasteiger partial charge in [0.2, 0.25) is 23.6 Å². The van der Waals surface area contributed by atoms with Crippen LogP contribution in [-0.4, -0.2) is 72.0 Å². The maximum Gasteiger partial charge on any atom is 0.243 e. The summed E-state index contributed by atoms with van der Waals surface area (Å²) < 4.78 is 0. The molecule has 0 aliphatic rings. The van der Waals surface area contributed by atoms with E-state index < -0.39 is 47.8 Å². The zero-order valence-corrected chi connectivity index (χ0v) is 26.9. The highest BCUT2D eigenvalue weighted by Gasteiger charge is 2.31. The van der Waals surface area contributed by atoms with E-state index in [0.29, 0.717) is 25.8 Å². The number of unbranched alkanes of at least 4 members (excludes halogenated alkanes) is 1. The van der Waals surface area contributed by atoms with Crippen molar-refractivity contribution in [3.05, 3.63) is 63.6 Å². The first kappa shape index (κ1) is 38.1. The van der Waals surface area contributed by atoms with Gasteiger partial charge in [-0.3, -0.25) is 24.2 Å². The van der Waals surface area contributed by atoms with Gasteiger partial charge in [0.25, 0.3) is 0 Å². The van der Waals surface area contributed by atoms with Crippen molar-refractivity contribution in [3.63, 3.8) is 0 Å². The monoisotopic (exact) mass is 679 g/mol. The van der Waals surface area contributed by atoms with Gasteiger partial charge in [0, 0.05) is 29.4 Å². The molecule has 0 heterocycles. The summed E-state index contributed by atoms with van der Waals surface area (Å²) >= 11 is 12.6. The number of carbonyl (C=O) groups excluding carboxylic acids is 4. The van der Waals surface area contributed by atoms with Gasteiger partial charge in [0.05, 0.1) is 6.04 Å². The van der Waals surface area contributed by atoms with Crippen molar-refractivity contribution in [1.82, 2.24) is 16.0 Å². The van der Waals surface area contributed by atoms with E-state index in [1.807, 2.05) is 6.07 Å². The quantitative estimate of drug-likeness (QED) is 0.0545.